The van der Waals surface area contributed by atoms with E-state index in [1.807, 2.05) is 0 Å². The maximum atomic E-state index is 3.42. The second-order valence-corrected chi connectivity index (χ2v) is 0.664. The zero-order valence-corrected chi connectivity index (χ0v) is 3.15. The van der Waals surface area contributed by atoms with Crippen molar-refractivity contribution in [2.24, 2.45) is 0 Å². The molecule has 5 heavy (non-hydrogen) atoms. The standard InChI is InChI=1S/C5H7/c1-3-5-4-2/h3-5H,1-2H2/b5-3+. The third-order valence-corrected chi connectivity index (χ3v) is 0.272. The predicted octanol–water partition coefficient (Wildman–Crippen LogP) is 1.42. The molecule has 0 saturated heterocycles. The lowest BCUT2D eigenvalue weighted by Gasteiger charge is -1.64. The van der Waals surface area contributed by atoms with Crippen LogP contribution < -0.4 is 0 Å². The summed E-state index contributed by atoms with van der Waals surface area (Å²) in [6.07, 6.45) is 5.15. The van der Waals surface area contributed by atoms with Gasteiger partial charge in [0.2, 0.25) is 0 Å². The Balaban J connectivity index is 2.62. The second kappa shape index (κ2) is 3.74. The van der Waals surface area contributed by atoms with Crippen molar-refractivity contribution >= 4 is 0 Å². The minimum absolute atomic E-state index is 1.69. The summed E-state index contributed by atoms with van der Waals surface area (Å²) in [6.45, 7) is 6.85. The third kappa shape index (κ3) is 3.74. The largest absolute Gasteiger partial charge is 0.0879 e. The molecule has 0 N–H and O–H groups in total. The van der Waals surface area contributed by atoms with E-state index < -0.39 is 0 Å². The van der Waals surface area contributed by atoms with E-state index in [0.717, 1.165) is 0 Å². The summed E-state index contributed by atoms with van der Waals surface area (Å²) in [5, 5.41) is 0. The van der Waals surface area contributed by atoms with Crippen molar-refractivity contribution in [3.8, 4) is 0 Å². The summed E-state index contributed by atoms with van der Waals surface area (Å²) in [6, 6.07) is 0. The van der Waals surface area contributed by atoms with Crippen molar-refractivity contribution in [2.45, 2.75) is 0 Å². The van der Waals surface area contributed by atoms with Crippen molar-refractivity contribution in [1.82, 2.24) is 0 Å². The van der Waals surface area contributed by atoms with E-state index in [1.165, 1.54) is 0 Å². The Kier molecular flexibility index (Phi) is 3.55. The average Bonchev–Trinajstić information content (AvgIpc) is 1.41. The van der Waals surface area contributed by atoms with Crippen LogP contribution in [0.3, 0.4) is 0 Å². The van der Waals surface area contributed by atoms with Crippen molar-refractivity contribution in [2.75, 3.05) is 0 Å². The van der Waals surface area contributed by atoms with Crippen LogP contribution in [0.4, 0.5) is 0 Å². The van der Waals surface area contributed by atoms with Crippen LogP contribution >= 0.6 is 0 Å². The van der Waals surface area contributed by atoms with Gasteiger partial charge in [0.15, 0.2) is 0 Å². The summed E-state index contributed by atoms with van der Waals surface area (Å²) in [5.41, 5.74) is 0. The summed E-state index contributed by atoms with van der Waals surface area (Å²) >= 11 is 0. The van der Waals surface area contributed by atoms with Gasteiger partial charge in [-0.25, -0.2) is 0 Å². The molecular weight excluding hydrogens is 60.1 g/mol. The van der Waals surface area contributed by atoms with Crippen LogP contribution in [0.5, 0.6) is 0 Å². The number of rotatable bonds is 1. The van der Waals surface area contributed by atoms with Gasteiger partial charge in [-0.3, -0.25) is 0 Å². The van der Waals surface area contributed by atoms with Gasteiger partial charge >= 0.3 is 0 Å². The number of allylic oxidation sites excluding steroid dienone is 2. The van der Waals surface area contributed by atoms with Crippen molar-refractivity contribution < 1.29 is 0 Å². The molecule has 0 fully saturated rings. The molecule has 0 aromatic rings. The fourth-order valence-corrected chi connectivity index (χ4v) is 0.0962. The fraction of sp³-hybridized carbons (Fsp3) is 0. The smallest absolute Gasteiger partial charge is 0.0170 e. The molecule has 0 unspecified atom stereocenters. The molecule has 0 bridgehead atoms. The first-order chi connectivity index (χ1) is 2.41. The van der Waals surface area contributed by atoms with Crippen molar-refractivity contribution in [3.63, 3.8) is 0 Å². The first kappa shape index (κ1) is 4.74. The first-order valence-electron chi connectivity index (χ1n) is 1.48. The molecule has 0 atom stereocenters. The van der Waals surface area contributed by atoms with Crippen LogP contribution in [0.2, 0.25) is 0 Å². The summed E-state index contributed by atoms with van der Waals surface area (Å²) in [7, 11) is 0. The molecule has 0 aliphatic carbocycles. The van der Waals surface area contributed by atoms with E-state index in [1.54, 1.807) is 18.6 Å². The predicted molar refractivity (Wildman–Crippen MR) is 24.2 cm³/mol. The Hall–Kier alpha value is -0.260. The van der Waals surface area contributed by atoms with Gasteiger partial charge < -0.3 is 0 Å². The van der Waals surface area contributed by atoms with Gasteiger partial charge in [0.1, 0.15) is 0 Å². The lowest BCUT2D eigenvalue weighted by atomic mass is 10.4. The normalized spacial score (nSPS) is 10.0. The summed E-state index contributed by atoms with van der Waals surface area (Å²) in [5.74, 6) is 0. The minimum Gasteiger partial charge on any atom is -0.0879 e. The second-order valence-electron chi connectivity index (χ2n) is 0.664. The van der Waals surface area contributed by atoms with Crippen LogP contribution in [-0.4, -0.2) is 0 Å². The van der Waals surface area contributed by atoms with E-state index in [4.69, 9.17) is 0 Å². The Labute approximate surface area is 33.5 Å². The highest BCUT2D eigenvalue weighted by Crippen LogP contribution is 1.70. The van der Waals surface area contributed by atoms with Crippen molar-refractivity contribution in [1.29, 1.82) is 0 Å². The SMILES string of the molecule is [CH2][CH]/C=C/[CH2]. The molecule has 0 aromatic carbocycles. The molecule has 3 radical (unpaired) electrons. The molecule has 0 aliphatic heterocycles. The van der Waals surface area contributed by atoms with Crippen LogP contribution in [0.15, 0.2) is 12.2 Å². The zero-order chi connectivity index (χ0) is 4.12. The Morgan fingerprint density at radius 2 is 1.80 bits per heavy atom. The minimum atomic E-state index is 1.69. The number of hydrogen-bond acceptors (Lipinski definition) is 0. The van der Waals surface area contributed by atoms with E-state index in [2.05, 4.69) is 13.8 Å². The summed E-state index contributed by atoms with van der Waals surface area (Å²) in [4.78, 5) is 0. The topological polar surface area (TPSA) is 0 Å². The van der Waals surface area contributed by atoms with Gasteiger partial charge in [-0.2, -0.15) is 0 Å². The van der Waals surface area contributed by atoms with Crippen LogP contribution in [0.1, 0.15) is 0 Å². The molecule has 0 spiro atoms. The highest BCUT2D eigenvalue weighted by molar-refractivity contribution is 4.97. The molecule has 0 nitrogen and oxygen atoms in total. The molecule has 0 amide bonds. The molecule has 0 rings (SSSR count). The zero-order valence-electron chi connectivity index (χ0n) is 3.15. The third-order valence-electron chi connectivity index (χ3n) is 0.272. The maximum Gasteiger partial charge on any atom is -0.0170 e. The highest BCUT2D eigenvalue weighted by atomic mass is 13.6. The Bertz CT molecular complexity index is 27.0. The van der Waals surface area contributed by atoms with Gasteiger partial charge in [0.05, 0.1) is 0 Å². The highest BCUT2D eigenvalue weighted by Gasteiger charge is 1.53. The van der Waals surface area contributed by atoms with Gasteiger partial charge in [-0.1, -0.05) is 12.2 Å². The monoisotopic (exact) mass is 67.1 g/mol. The van der Waals surface area contributed by atoms with Crippen molar-refractivity contribution in [3.05, 3.63) is 32.4 Å². The summed E-state index contributed by atoms with van der Waals surface area (Å²) < 4.78 is 0. The molecular formula is C5H7. The van der Waals surface area contributed by atoms with Gasteiger partial charge in [0, 0.05) is 0 Å². The molecule has 0 aromatic heterocycles. The Morgan fingerprint density at radius 3 is 1.80 bits per heavy atom. The van der Waals surface area contributed by atoms with Gasteiger partial charge in [0.25, 0.3) is 0 Å². The van der Waals surface area contributed by atoms with Gasteiger partial charge in [-0.05, 0) is 20.3 Å². The Morgan fingerprint density at radius 1 is 1.20 bits per heavy atom. The van der Waals surface area contributed by atoms with Gasteiger partial charge in [-0.15, -0.1) is 0 Å². The van der Waals surface area contributed by atoms with Crippen LogP contribution in [0.25, 0.3) is 0 Å². The van der Waals surface area contributed by atoms with E-state index in [9.17, 15) is 0 Å². The lowest BCUT2D eigenvalue weighted by molar-refractivity contribution is 1.77. The number of hydrogen-bond donors (Lipinski definition) is 0. The molecule has 0 heterocycles. The quantitative estimate of drug-likeness (QED) is 0.435. The van der Waals surface area contributed by atoms with E-state index >= 15 is 0 Å². The van der Waals surface area contributed by atoms with E-state index in [0.29, 0.717) is 0 Å². The molecule has 0 saturated carbocycles. The molecule has 0 heteroatoms. The maximum absolute atomic E-state index is 3.42. The molecule has 0 aliphatic rings. The average molecular weight is 67.1 g/mol. The molecule has 27 valence electrons. The van der Waals surface area contributed by atoms with Crippen LogP contribution in [-0.2, 0) is 0 Å². The van der Waals surface area contributed by atoms with E-state index in [-0.39, 0.29) is 0 Å². The fourth-order valence-electron chi connectivity index (χ4n) is 0.0962. The lowest BCUT2D eigenvalue weighted by Crippen LogP contribution is -1.47. The first-order valence-corrected chi connectivity index (χ1v) is 1.48. The van der Waals surface area contributed by atoms with Crippen LogP contribution in [0, 0.1) is 20.3 Å².